The fourth-order valence-electron chi connectivity index (χ4n) is 11.8. The predicted octanol–water partition coefficient (Wildman–Crippen LogP) is 10.7. The van der Waals surface area contributed by atoms with Crippen LogP contribution < -0.4 is 21.7 Å². The van der Waals surface area contributed by atoms with E-state index in [1.807, 2.05) is 131 Å². The Bertz CT molecular complexity index is 4280. The molecule has 0 amide bonds. The van der Waals surface area contributed by atoms with Gasteiger partial charge >= 0.3 is 0 Å². The van der Waals surface area contributed by atoms with Crippen molar-refractivity contribution < 1.29 is 0 Å². The quantitative estimate of drug-likeness (QED) is 0.162. The van der Waals surface area contributed by atoms with Crippen LogP contribution in [0.25, 0.3) is 98.4 Å². The minimum atomic E-state index is -0.938. The molecule has 0 saturated carbocycles. The van der Waals surface area contributed by atoms with E-state index in [1.54, 1.807) is 0 Å². The summed E-state index contributed by atoms with van der Waals surface area (Å²) >= 11 is 0. The molecule has 0 N–H and O–H groups in total. The van der Waals surface area contributed by atoms with Gasteiger partial charge in [0.25, 0.3) is 0 Å². The van der Waals surface area contributed by atoms with Gasteiger partial charge in [-0.1, -0.05) is 83.9 Å². The molecular formula is C59H42N4O4. The summed E-state index contributed by atoms with van der Waals surface area (Å²) in [5.74, 6) is 0. The monoisotopic (exact) mass is 870 g/mol. The van der Waals surface area contributed by atoms with Gasteiger partial charge in [-0.15, -0.1) is 0 Å². The molecule has 1 aliphatic rings. The van der Waals surface area contributed by atoms with E-state index in [-0.39, 0.29) is 21.7 Å². The molecule has 4 aromatic heterocycles. The van der Waals surface area contributed by atoms with Crippen molar-refractivity contribution in [1.29, 1.82) is 0 Å². The van der Waals surface area contributed by atoms with Gasteiger partial charge in [-0.05, 0) is 120 Å². The third-order valence-corrected chi connectivity index (χ3v) is 15.2. The van der Waals surface area contributed by atoms with Gasteiger partial charge in [0.2, 0.25) is 0 Å². The van der Waals surface area contributed by atoms with Gasteiger partial charge in [-0.25, -0.2) is 0 Å². The van der Waals surface area contributed by atoms with Crippen molar-refractivity contribution in [1.82, 2.24) is 18.3 Å². The highest BCUT2D eigenvalue weighted by Gasteiger charge is 2.46. The first kappa shape index (κ1) is 39.0. The fraction of sp³-hybridized carbons (Fsp3) is 0.119. The van der Waals surface area contributed by atoms with Gasteiger partial charge in [0, 0.05) is 71.3 Å². The zero-order valence-corrected chi connectivity index (χ0v) is 37.8. The van der Waals surface area contributed by atoms with Crippen LogP contribution in [-0.4, -0.2) is 18.3 Å². The zero-order valence-electron chi connectivity index (χ0n) is 37.8. The maximum absolute atomic E-state index is 15.2. The largest absolute Gasteiger partial charge is 0.343 e. The Balaban J connectivity index is 1.12. The molecule has 8 nitrogen and oxygen atoms in total. The molecule has 0 atom stereocenters. The molecular weight excluding hydrogens is 829 g/mol. The van der Waals surface area contributed by atoms with Gasteiger partial charge in [0.15, 0.2) is 21.7 Å². The van der Waals surface area contributed by atoms with Crippen molar-refractivity contribution in [2.24, 2.45) is 28.2 Å². The van der Waals surface area contributed by atoms with Crippen LogP contribution in [0.15, 0.2) is 165 Å². The summed E-state index contributed by atoms with van der Waals surface area (Å²) in [4.78, 5) is 58.2. The summed E-state index contributed by atoms with van der Waals surface area (Å²) in [7, 11) is 7.78. The predicted molar refractivity (Wildman–Crippen MR) is 274 cm³/mol. The molecule has 0 radical (unpaired) electrons. The number of rotatable bonds is 2. The van der Waals surface area contributed by atoms with Crippen LogP contribution in [0.1, 0.15) is 33.4 Å². The highest BCUT2D eigenvalue weighted by atomic mass is 16.1. The summed E-state index contributed by atoms with van der Waals surface area (Å²) in [6.45, 7) is 4.21. The summed E-state index contributed by atoms with van der Waals surface area (Å²) in [5.41, 5.74) is 12.9. The van der Waals surface area contributed by atoms with Gasteiger partial charge in [0.05, 0.1) is 49.5 Å². The lowest BCUT2D eigenvalue weighted by atomic mass is 9.67. The molecule has 0 aliphatic heterocycles. The third-order valence-electron chi connectivity index (χ3n) is 15.2. The number of pyridine rings is 4. The Labute approximate surface area is 382 Å². The number of fused-ring (bicyclic) bond motifs is 11. The van der Waals surface area contributed by atoms with E-state index in [2.05, 4.69) is 74.5 Å². The second-order valence-corrected chi connectivity index (χ2v) is 18.7. The van der Waals surface area contributed by atoms with Gasteiger partial charge < -0.3 is 18.3 Å². The smallest absolute Gasteiger partial charge is 0.197 e. The summed E-state index contributed by atoms with van der Waals surface area (Å²) < 4.78 is 8.03. The average Bonchev–Trinajstić information content (AvgIpc) is 3.63. The second-order valence-electron chi connectivity index (χ2n) is 18.7. The first-order chi connectivity index (χ1) is 32.4. The molecule has 12 aromatic rings. The number of aryl methyl sites for hydroxylation is 6. The summed E-state index contributed by atoms with van der Waals surface area (Å²) in [6, 6.07) is 48.3. The first-order valence-electron chi connectivity index (χ1n) is 22.6. The van der Waals surface area contributed by atoms with Crippen LogP contribution >= 0.6 is 0 Å². The molecule has 322 valence electrons. The molecule has 1 aliphatic carbocycles. The lowest BCUT2D eigenvalue weighted by Gasteiger charge is -2.34. The van der Waals surface area contributed by atoms with Crippen molar-refractivity contribution in [2.45, 2.75) is 19.3 Å². The Hall–Kier alpha value is -8.36. The van der Waals surface area contributed by atoms with Crippen LogP contribution in [0.3, 0.4) is 0 Å². The maximum atomic E-state index is 15.2. The van der Waals surface area contributed by atoms with Crippen molar-refractivity contribution in [2.75, 3.05) is 0 Å². The lowest BCUT2D eigenvalue weighted by Crippen LogP contribution is -2.29. The normalized spacial score (nSPS) is 13.3. The molecule has 0 fully saturated rings. The molecule has 0 unspecified atom stereocenters. The minimum Gasteiger partial charge on any atom is -0.343 e. The Morgan fingerprint density at radius 3 is 1.00 bits per heavy atom. The van der Waals surface area contributed by atoms with E-state index < -0.39 is 5.41 Å². The van der Waals surface area contributed by atoms with Gasteiger partial charge in [0.1, 0.15) is 0 Å². The van der Waals surface area contributed by atoms with E-state index in [0.717, 1.165) is 66.6 Å². The van der Waals surface area contributed by atoms with Crippen LogP contribution in [0.2, 0.25) is 0 Å². The van der Waals surface area contributed by atoms with E-state index in [4.69, 9.17) is 0 Å². The van der Waals surface area contributed by atoms with E-state index in [9.17, 15) is 9.59 Å². The number of hydrogen-bond donors (Lipinski definition) is 0. The Kier molecular flexibility index (Phi) is 7.79. The highest BCUT2D eigenvalue weighted by Crippen LogP contribution is 2.57. The molecule has 4 heterocycles. The van der Waals surface area contributed by atoms with E-state index in [0.29, 0.717) is 65.2 Å². The van der Waals surface area contributed by atoms with Crippen LogP contribution in [0.4, 0.5) is 0 Å². The summed E-state index contributed by atoms with van der Waals surface area (Å²) in [5, 5.41) is 4.54. The summed E-state index contributed by atoms with van der Waals surface area (Å²) in [6.07, 6.45) is 0. The van der Waals surface area contributed by atoms with E-state index >= 15 is 9.59 Å². The van der Waals surface area contributed by atoms with E-state index in [1.165, 1.54) is 0 Å². The highest BCUT2D eigenvalue weighted by molar-refractivity contribution is 6.06. The number of aromatic nitrogens is 4. The minimum absolute atomic E-state index is 0.0646. The Morgan fingerprint density at radius 2 is 0.627 bits per heavy atom. The third kappa shape index (κ3) is 4.96. The van der Waals surface area contributed by atoms with Crippen LogP contribution in [0, 0.1) is 13.8 Å². The number of hydrogen-bond acceptors (Lipinski definition) is 4. The number of para-hydroxylation sites is 2. The van der Waals surface area contributed by atoms with Crippen molar-refractivity contribution >= 4 is 87.2 Å². The molecule has 13 rings (SSSR count). The fourth-order valence-corrected chi connectivity index (χ4v) is 11.8. The zero-order chi connectivity index (χ0) is 45.9. The SMILES string of the molecule is Cc1ccc2c(c1)-c1cc(C)ccc1C2(c1ccc2c(c1)c(=O)c1cc3c(cc1n2C)c(=O)c1ccccc1n3C)c1ccc2c(c1)c(=O)c1cc3c(cc1n2C)c(=O)c1ccccc1n3C. The lowest BCUT2D eigenvalue weighted by molar-refractivity contribution is 0.770. The van der Waals surface area contributed by atoms with Gasteiger partial charge in [-0.3, -0.25) is 19.2 Å². The molecule has 8 heteroatoms. The standard InChI is InChI=1S/C59H42N4O4/c1-31-15-19-45-37(23-31)38-24-32(2)16-20-46(38)59(45,33-17-21-49-39(25-33)57(66)43-29-51-41(27-53(43)62(49)5)55(64)35-11-7-9-13-47(35)60(51)3)34-18-22-50-40(26-34)58(67)44-30-52-42(28-54(44)63(50)6)56(65)36-12-8-10-14-48(36)61(52)4/h7-30H,1-6H3. The Morgan fingerprint density at radius 1 is 0.313 bits per heavy atom. The topological polar surface area (TPSA) is 88.0 Å². The number of benzene rings is 8. The molecule has 0 saturated heterocycles. The van der Waals surface area contributed by atoms with Gasteiger partial charge in [-0.2, -0.15) is 0 Å². The molecule has 67 heavy (non-hydrogen) atoms. The van der Waals surface area contributed by atoms with Crippen LogP contribution in [0.5, 0.6) is 0 Å². The first-order valence-corrected chi connectivity index (χ1v) is 22.6. The molecule has 0 spiro atoms. The maximum Gasteiger partial charge on any atom is 0.197 e. The van der Waals surface area contributed by atoms with Crippen molar-refractivity contribution in [3.63, 3.8) is 0 Å². The molecule has 0 bridgehead atoms. The van der Waals surface area contributed by atoms with Crippen LogP contribution in [-0.2, 0) is 33.6 Å². The van der Waals surface area contributed by atoms with Crippen molar-refractivity contribution in [3.05, 3.63) is 220 Å². The van der Waals surface area contributed by atoms with Crippen molar-refractivity contribution in [3.8, 4) is 11.1 Å². The second kappa shape index (κ2) is 13.4. The number of nitrogens with zero attached hydrogens (tertiary/aromatic N) is 4. The molecule has 8 aromatic carbocycles. The average molecular weight is 871 g/mol.